The van der Waals surface area contributed by atoms with Crippen molar-refractivity contribution in [2.75, 3.05) is 0 Å². The van der Waals surface area contributed by atoms with E-state index in [0.717, 1.165) is 0 Å². The van der Waals surface area contributed by atoms with Gasteiger partial charge in [-0.05, 0) is 6.08 Å². The van der Waals surface area contributed by atoms with Gasteiger partial charge in [0.15, 0.2) is 0 Å². The SMILES string of the molecule is IC(I)C1=C=C1. The van der Waals surface area contributed by atoms with E-state index in [4.69, 9.17) is 0 Å². The Morgan fingerprint density at radius 1 is 1.67 bits per heavy atom. The molecule has 0 saturated heterocycles. The van der Waals surface area contributed by atoms with Crippen LogP contribution in [0.1, 0.15) is 0 Å². The lowest BCUT2D eigenvalue weighted by Gasteiger charge is -1.84. The topological polar surface area (TPSA) is 0 Å². The van der Waals surface area contributed by atoms with Crippen LogP contribution in [0.4, 0.5) is 0 Å². The molecule has 0 heterocycles. The third-order valence-corrected chi connectivity index (χ3v) is 1.89. The Morgan fingerprint density at radius 2 is 2.17 bits per heavy atom. The summed E-state index contributed by atoms with van der Waals surface area (Å²) in [7, 11) is 0. The maximum Gasteiger partial charge on any atom is 0.0952 e. The van der Waals surface area contributed by atoms with Crippen LogP contribution < -0.4 is 0 Å². The van der Waals surface area contributed by atoms with Crippen LogP contribution in [0.2, 0.25) is 0 Å². The number of alkyl halides is 2. The molecule has 0 aromatic carbocycles. The van der Waals surface area contributed by atoms with Gasteiger partial charge < -0.3 is 0 Å². The fraction of sp³-hybridized carbons (Fsp3) is 0.250. The molecular formula is C4H2I2. The third-order valence-electron chi connectivity index (χ3n) is 0.546. The Labute approximate surface area is 64.0 Å². The first-order valence-electron chi connectivity index (χ1n) is 1.55. The van der Waals surface area contributed by atoms with Crippen LogP contribution in [-0.4, -0.2) is 1.93 Å². The Bertz CT molecular complexity index is 118. The van der Waals surface area contributed by atoms with Gasteiger partial charge in [0.1, 0.15) is 0 Å². The highest BCUT2D eigenvalue weighted by molar-refractivity contribution is 14.2. The summed E-state index contributed by atoms with van der Waals surface area (Å²) >= 11 is 4.70. The molecule has 1 rings (SSSR count). The summed E-state index contributed by atoms with van der Waals surface area (Å²) in [5.74, 6) is 0. The molecule has 2 heteroatoms. The predicted molar refractivity (Wildman–Crippen MR) is 43.4 cm³/mol. The number of allylic oxidation sites excluding steroid dienone is 1. The van der Waals surface area contributed by atoms with Crippen molar-refractivity contribution in [3.05, 3.63) is 17.4 Å². The van der Waals surface area contributed by atoms with Crippen LogP contribution in [-0.2, 0) is 0 Å². The minimum atomic E-state index is 0.653. The van der Waals surface area contributed by atoms with Gasteiger partial charge in [-0.2, -0.15) is 0 Å². The first-order chi connectivity index (χ1) is 2.80. The zero-order chi connectivity index (χ0) is 4.57. The van der Waals surface area contributed by atoms with E-state index in [9.17, 15) is 0 Å². The lowest BCUT2D eigenvalue weighted by Crippen LogP contribution is -1.74. The zero-order valence-electron chi connectivity index (χ0n) is 2.91. The summed E-state index contributed by atoms with van der Waals surface area (Å²) in [6, 6.07) is 0. The average molecular weight is 304 g/mol. The standard InChI is InChI=1S/C4H2I2/c5-4(6)3-1-2-3/h1,4H. The van der Waals surface area contributed by atoms with Crippen molar-refractivity contribution in [3.8, 4) is 0 Å². The minimum absolute atomic E-state index is 0.653. The van der Waals surface area contributed by atoms with E-state index in [1.807, 2.05) is 6.08 Å². The second-order valence-electron chi connectivity index (χ2n) is 1.04. The van der Waals surface area contributed by atoms with Crippen molar-refractivity contribution in [2.45, 2.75) is 1.93 Å². The van der Waals surface area contributed by atoms with Crippen LogP contribution in [0.15, 0.2) is 17.4 Å². The Kier molecular flexibility index (Phi) is 1.57. The maximum atomic E-state index is 3.01. The molecule has 0 radical (unpaired) electrons. The van der Waals surface area contributed by atoms with E-state index in [0.29, 0.717) is 1.93 Å². The van der Waals surface area contributed by atoms with Crippen molar-refractivity contribution in [3.63, 3.8) is 0 Å². The molecule has 0 saturated carbocycles. The lowest BCUT2D eigenvalue weighted by molar-refractivity contribution is 1.72. The Morgan fingerprint density at radius 3 is 2.17 bits per heavy atom. The molecule has 32 valence electrons. The van der Waals surface area contributed by atoms with Crippen LogP contribution in [0.3, 0.4) is 0 Å². The quantitative estimate of drug-likeness (QED) is 0.396. The molecule has 0 spiro atoms. The molecule has 0 atom stereocenters. The van der Waals surface area contributed by atoms with Crippen molar-refractivity contribution < 1.29 is 0 Å². The van der Waals surface area contributed by atoms with Crippen LogP contribution in [0, 0.1) is 0 Å². The molecule has 0 amide bonds. The molecular weight excluding hydrogens is 302 g/mol. The van der Waals surface area contributed by atoms with E-state index in [-0.39, 0.29) is 0 Å². The van der Waals surface area contributed by atoms with Gasteiger partial charge in [-0.25, -0.2) is 0 Å². The smallest absolute Gasteiger partial charge is 0.0952 e. The molecule has 1 aliphatic rings. The van der Waals surface area contributed by atoms with Gasteiger partial charge in [-0.1, -0.05) is 45.2 Å². The zero-order valence-corrected chi connectivity index (χ0v) is 7.23. The molecule has 0 unspecified atom stereocenters. The van der Waals surface area contributed by atoms with Gasteiger partial charge in [0.2, 0.25) is 0 Å². The molecule has 0 N–H and O–H groups in total. The summed E-state index contributed by atoms with van der Waals surface area (Å²) in [5, 5.41) is 0. The lowest BCUT2D eigenvalue weighted by atomic mass is 10.6. The second kappa shape index (κ2) is 1.84. The Balaban J connectivity index is 2.35. The Hall–Kier alpha value is 0.980. The summed E-state index contributed by atoms with van der Waals surface area (Å²) in [4.78, 5) is 0. The van der Waals surface area contributed by atoms with E-state index in [1.54, 1.807) is 0 Å². The number of hydrogen-bond acceptors (Lipinski definition) is 0. The fourth-order valence-corrected chi connectivity index (χ4v) is 0.887. The highest BCUT2D eigenvalue weighted by atomic mass is 127. The van der Waals surface area contributed by atoms with Gasteiger partial charge in [0, 0.05) is 5.57 Å². The minimum Gasteiger partial charge on any atom is -0.114 e. The van der Waals surface area contributed by atoms with Crippen molar-refractivity contribution in [2.24, 2.45) is 0 Å². The number of hydrogen-bond donors (Lipinski definition) is 0. The molecule has 0 aromatic heterocycles. The monoisotopic (exact) mass is 304 g/mol. The van der Waals surface area contributed by atoms with E-state index in [1.165, 1.54) is 5.57 Å². The second-order valence-corrected chi connectivity index (χ2v) is 5.92. The third kappa shape index (κ3) is 1.24. The summed E-state index contributed by atoms with van der Waals surface area (Å²) < 4.78 is 0.653. The molecule has 1 aliphatic carbocycles. The molecule has 0 aliphatic heterocycles. The van der Waals surface area contributed by atoms with Crippen LogP contribution in [0.5, 0.6) is 0 Å². The predicted octanol–water partition coefficient (Wildman–Crippen LogP) is 2.28. The molecule has 6 heavy (non-hydrogen) atoms. The number of halogens is 2. The molecule has 0 bridgehead atoms. The van der Waals surface area contributed by atoms with E-state index in [2.05, 4.69) is 50.9 Å². The van der Waals surface area contributed by atoms with Gasteiger partial charge >= 0.3 is 0 Å². The van der Waals surface area contributed by atoms with Gasteiger partial charge in [0.25, 0.3) is 0 Å². The summed E-state index contributed by atoms with van der Waals surface area (Å²) in [6.07, 6.45) is 2.02. The first-order valence-corrected chi connectivity index (χ1v) is 4.04. The summed E-state index contributed by atoms with van der Waals surface area (Å²) in [5.41, 5.74) is 4.37. The molecule has 0 fully saturated rings. The van der Waals surface area contributed by atoms with Crippen molar-refractivity contribution in [1.82, 2.24) is 0 Å². The van der Waals surface area contributed by atoms with Gasteiger partial charge in [0.05, 0.1) is 1.93 Å². The highest BCUT2D eigenvalue weighted by Gasteiger charge is 2.06. The van der Waals surface area contributed by atoms with Crippen molar-refractivity contribution in [1.29, 1.82) is 0 Å². The van der Waals surface area contributed by atoms with Crippen molar-refractivity contribution >= 4 is 45.2 Å². The fourth-order valence-electron chi connectivity index (χ4n) is 0.168. The van der Waals surface area contributed by atoms with Gasteiger partial charge in [-0.3, -0.25) is 0 Å². The van der Waals surface area contributed by atoms with E-state index >= 15 is 0 Å². The summed E-state index contributed by atoms with van der Waals surface area (Å²) in [6.45, 7) is 0. The first kappa shape index (κ1) is 5.12. The van der Waals surface area contributed by atoms with Crippen LogP contribution in [0.25, 0.3) is 0 Å². The molecule has 0 aromatic rings. The largest absolute Gasteiger partial charge is 0.114 e. The van der Waals surface area contributed by atoms with E-state index < -0.39 is 0 Å². The van der Waals surface area contributed by atoms with Crippen LogP contribution >= 0.6 is 45.2 Å². The maximum absolute atomic E-state index is 3.01. The van der Waals surface area contributed by atoms with Gasteiger partial charge in [-0.15, -0.1) is 5.73 Å². The number of rotatable bonds is 1. The highest BCUT2D eigenvalue weighted by Crippen LogP contribution is 2.25. The average Bonchev–Trinajstić information content (AvgIpc) is 2.06. The normalized spacial score (nSPS) is 15.5. The molecule has 0 nitrogen and oxygen atoms in total.